The minimum Gasteiger partial charge on any atom is -0.497 e. The van der Waals surface area contributed by atoms with E-state index in [-0.39, 0.29) is 23.5 Å². The molecule has 2 aliphatic heterocycles. The predicted octanol–water partition coefficient (Wildman–Crippen LogP) is 4.44. The van der Waals surface area contributed by atoms with Gasteiger partial charge in [0.05, 0.1) is 24.6 Å². The summed E-state index contributed by atoms with van der Waals surface area (Å²) in [6.07, 6.45) is 2.31. The fourth-order valence-corrected chi connectivity index (χ4v) is 5.40. The molecule has 1 unspecified atom stereocenters. The van der Waals surface area contributed by atoms with Crippen LogP contribution >= 0.6 is 11.3 Å². The lowest BCUT2D eigenvalue weighted by atomic mass is 9.88. The van der Waals surface area contributed by atoms with E-state index in [9.17, 15) is 4.79 Å². The molecule has 180 valence electrons. The van der Waals surface area contributed by atoms with Gasteiger partial charge in [0.2, 0.25) is 17.6 Å². The average molecular weight is 483 g/mol. The van der Waals surface area contributed by atoms with E-state index in [2.05, 4.69) is 34.2 Å². The number of benzene rings is 1. The second kappa shape index (κ2) is 9.38. The second-order valence-electron chi connectivity index (χ2n) is 9.57. The largest absolute Gasteiger partial charge is 0.497 e. The maximum Gasteiger partial charge on any atom is 0.241 e. The first kappa shape index (κ1) is 22.9. The molecule has 1 saturated heterocycles. The second-order valence-corrected chi connectivity index (χ2v) is 10.5. The summed E-state index contributed by atoms with van der Waals surface area (Å²) < 4.78 is 17.0. The third kappa shape index (κ3) is 4.95. The first-order chi connectivity index (χ1) is 16.4. The molecular formula is C25H30N4O4S. The third-order valence-electron chi connectivity index (χ3n) is 6.52. The highest BCUT2D eigenvalue weighted by Crippen LogP contribution is 2.41. The quantitative estimate of drug-likeness (QED) is 0.556. The predicted molar refractivity (Wildman–Crippen MR) is 129 cm³/mol. The molecule has 1 N–H and O–H groups in total. The van der Waals surface area contributed by atoms with Crippen LogP contribution in [0.1, 0.15) is 50.6 Å². The molecule has 0 saturated carbocycles. The smallest absolute Gasteiger partial charge is 0.241 e. The number of rotatable bonds is 6. The molecule has 5 rings (SSSR count). The Hall–Kier alpha value is -2.91. The summed E-state index contributed by atoms with van der Waals surface area (Å²) in [5, 5.41) is 9.39. The molecule has 9 heteroatoms. The Bertz CT molecular complexity index is 1140. The highest BCUT2D eigenvalue weighted by molar-refractivity contribution is 7.13. The van der Waals surface area contributed by atoms with Crippen molar-refractivity contribution >= 4 is 17.2 Å². The molecule has 3 aromatic rings. The summed E-state index contributed by atoms with van der Waals surface area (Å²) in [5.74, 6) is 2.91. The molecule has 1 fully saturated rings. The SMILES string of the molecule is COc1ccc2c(c1)C(NC(=O)C1CCN(Cc3nc(-c4cccs4)no3)CC1)CC(C)(C)O2. The Morgan fingerprint density at radius 3 is 2.85 bits per heavy atom. The Kier molecular flexibility index (Phi) is 6.31. The van der Waals surface area contributed by atoms with Gasteiger partial charge in [-0.2, -0.15) is 4.98 Å². The molecule has 0 aliphatic carbocycles. The van der Waals surface area contributed by atoms with Gasteiger partial charge in [0.15, 0.2) is 0 Å². The van der Waals surface area contributed by atoms with Crippen LogP contribution in [-0.2, 0) is 11.3 Å². The molecule has 0 radical (unpaired) electrons. The van der Waals surface area contributed by atoms with Crippen LogP contribution in [0.25, 0.3) is 10.7 Å². The Balaban J connectivity index is 1.18. The Morgan fingerprint density at radius 1 is 1.29 bits per heavy atom. The van der Waals surface area contributed by atoms with Gasteiger partial charge < -0.3 is 19.3 Å². The lowest BCUT2D eigenvalue weighted by Crippen LogP contribution is -2.45. The molecule has 1 aromatic carbocycles. The van der Waals surface area contributed by atoms with Crippen LogP contribution in [0.15, 0.2) is 40.2 Å². The fraction of sp³-hybridized carbons (Fsp3) is 0.480. The van der Waals surface area contributed by atoms with Crippen molar-refractivity contribution in [3.63, 3.8) is 0 Å². The first-order valence-electron chi connectivity index (χ1n) is 11.7. The van der Waals surface area contributed by atoms with Gasteiger partial charge in [0, 0.05) is 17.9 Å². The van der Waals surface area contributed by atoms with Crippen molar-refractivity contribution in [2.24, 2.45) is 5.92 Å². The molecule has 0 spiro atoms. The van der Waals surface area contributed by atoms with Crippen LogP contribution in [0.5, 0.6) is 11.5 Å². The van der Waals surface area contributed by atoms with E-state index in [0.29, 0.717) is 24.7 Å². The van der Waals surface area contributed by atoms with Crippen LogP contribution in [0.2, 0.25) is 0 Å². The molecule has 34 heavy (non-hydrogen) atoms. The summed E-state index contributed by atoms with van der Waals surface area (Å²) >= 11 is 1.59. The number of ether oxygens (including phenoxy) is 2. The minimum atomic E-state index is -0.352. The fourth-order valence-electron chi connectivity index (χ4n) is 4.75. The van der Waals surface area contributed by atoms with Crippen LogP contribution in [0, 0.1) is 5.92 Å². The Morgan fingerprint density at radius 2 is 2.12 bits per heavy atom. The normalized spacial score (nSPS) is 20.4. The highest BCUT2D eigenvalue weighted by atomic mass is 32.1. The summed E-state index contributed by atoms with van der Waals surface area (Å²) in [6.45, 7) is 6.35. The number of aromatic nitrogens is 2. The summed E-state index contributed by atoms with van der Waals surface area (Å²) in [4.78, 5) is 21.0. The van der Waals surface area contributed by atoms with Gasteiger partial charge in [-0.15, -0.1) is 11.3 Å². The number of carbonyl (C=O) groups excluding carboxylic acids is 1. The van der Waals surface area contributed by atoms with Crippen LogP contribution in [0.3, 0.4) is 0 Å². The van der Waals surface area contributed by atoms with Gasteiger partial charge in [-0.25, -0.2) is 0 Å². The zero-order valence-corrected chi connectivity index (χ0v) is 20.6. The zero-order chi connectivity index (χ0) is 23.7. The van der Waals surface area contributed by atoms with Crippen molar-refractivity contribution in [2.75, 3.05) is 20.2 Å². The molecule has 4 heterocycles. The molecule has 2 aromatic heterocycles. The number of amides is 1. The Labute approximate surface area is 203 Å². The van der Waals surface area contributed by atoms with Crippen LogP contribution in [-0.4, -0.2) is 46.7 Å². The van der Waals surface area contributed by atoms with Gasteiger partial charge in [0.1, 0.15) is 17.1 Å². The lowest BCUT2D eigenvalue weighted by molar-refractivity contribution is -0.127. The van der Waals surface area contributed by atoms with Crippen molar-refractivity contribution < 1.29 is 18.8 Å². The van der Waals surface area contributed by atoms with E-state index >= 15 is 0 Å². The van der Waals surface area contributed by atoms with E-state index in [0.717, 1.165) is 47.9 Å². The van der Waals surface area contributed by atoms with Crippen LogP contribution < -0.4 is 14.8 Å². The number of fused-ring (bicyclic) bond motifs is 1. The van der Waals surface area contributed by atoms with Crippen molar-refractivity contribution in [1.29, 1.82) is 0 Å². The molecular weight excluding hydrogens is 452 g/mol. The minimum absolute atomic E-state index is 0.0133. The molecule has 8 nitrogen and oxygen atoms in total. The van der Waals surface area contributed by atoms with Crippen LogP contribution in [0.4, 0.5) is 0 Å². The number of methoxy groups -OCH3 is 1. The average Bonchev–Trinajstić information content (AvgIpc) is 3.51. The standard InChI is InChI=1S/C25H30N4O4S/c1-25(2)14-19(18-13-17(31-3)6-7-20(18)32-25)26-24(30)16-8-10-29(11-9-16)15-22-27-23(28-33-22)21-5-4-12-34-21/h4-7,12-13,16,19H,8-11,14-15H2,1-3H3,(H,26,30). The number of piperidine rings is 1. The third-order valence-corrected chi connectivity index (χ3v) is 7.38. The zero-order valence-electron chi connectivity index (χ0n) is 19.7. The van der Waals surface area contributed by atoms with Gasteiger partial charge in [0.25, 0.3) is 0 Å². The first-order valence-corrected chi connectivity index (χ1v) is 12.5. The summed E-state index contributed by atoms with van der Waals surface area (Å²) in [6, 6.07) is 9.64. The van der Waals surface area contributed by atoms with Crippen molar-refractivity contribution in [3.05, 3.63) is 47.2 Å². The lowest BCUT2D eigenvalue weighted by Gasteiger charge is -2.39. The number of hydrogen-bond donors (Lipinski definition) is 1. The number of carbonyl (C=O) groups is 1. The van der Waals surface area contributed by atoms with Crippen molar-refractivity contribution in [2.45, 2.75) is 51.3 Å². The monoisotopic (exact) mass is 482 g/mol. The van der Waals surface area contributed by atoms with E-state index in [4.69, 9.17) is 14.0 Å². The van der Waals surface area contributed by atoms with E-state index in [1.807, 2.05) is 35.7 Å². The number of thiophene rings is 1. The molecule has 2 aliphatic rings. The van der Waals surface area contributed by atoms with E-state index in [1.54, 1.807) is 18.4 Å². The van der Waals surface area contributed by atoms with E-state index in [1.165, 1.54) is 0 Å². The van der Waals surface area contributed by atoms with Gasteiger partial charge >= 0.3 is 0 Å². The summed E-state index contributed by atoms with van der Waals surface area (Å²) in [5.41, 5.74) is 0.622. The maximum atomic E-state index is 13.2. The van der Waals surface area contributed by atoms with E-state index < -0.39 is 0 Å². The number of nitrogens with one attached hydrogen (secondary N) is 1. The van der Waals surface area contributed by atoms with Crippen molar-refractivity contribution in [1.82, 2.24) is 20.4 Å². The van der Waals surface area contributed by atoms with Crippen molar-refractivity contribution in [3.8, 4) is 22.2 Å². The maximum absolute atomic E-state index is 13.2. The summed E-state index contributed by atoms with van der Waals surface area (Å²) in [7, 11) is 1.65. The molecule has 1 amide bonds. The van der Waals surface area contributed by atoms with Gasteiger partial charge in [-0.05, 0) is 69.4 Å². The number of likely N-dealkylation sites (tertiary alicyclic amines) is 1. The van der Waals surface area contributed by atoms with Gasteiger partial charge in [-0.3, -0.25) is 9.69 Å². The molecule has 1 atom stereocenters. The van der Waals surface area contributed by atoms with Gasteiger partial charge in [-0.1, -0.05) is 11.2 Å². The number of hydrogen-bond acceptors (Lipinski definition) is 8. The number of nitrogens with zero attached hydrogens (tertiary/aromatic N) is 3. The molecule has 0 bridgehead atoms. The topological polar surface area (TPSA) is 89.7 Å². The highest BCUT2D eigenvalue weighted by Gasteiger charge is 2.36.